The molecule has 0 fully saturated rings. The summed E-state index contributed by atoms with van der Waals surface area (Å²) in [6, 6.07) is 22.8. The maximum absolute atomic E-state index is 13.3. The summed E-state index contributed by atoms with van der Waals surface area (Å²) in [4.78, 5) is 34.8. The van der Waals surface area contributed by atoms with Crippen molar-refractivity contribution in [3.63, 3.8) is 0 Å². The molecule has 0 bridgehead atoms. The molecule has 196 valence electrons. The van der Waals surface area contributed by atoms with Gasteiger partial charge in [0.2, 0.25) is 11.9 Å². The van der Waals surface area contributed by atoms with Crippen molar-refractivity contribution in [3.05, 3.63) is 101 Å². The molecule has 1 N–H and O–H groups in total. The number of halogens is 1. The lowest BCUT2D eigenvalue weighted by Gasteiger charge is -2.24. The zero-order chi connectivity index (χ0) is 27.2. The van der Waals surface area contributed by atoms with Gasteiger partial charge in [0.15, 0.2) is 0 Å². The maximum atomic E-state index is 13.3. The highest BCUT2D eigenvalue weighted by atomic mass is 35.5. The van der Waals surface area contributed by atoms with Crippen LogP contribution in [0.2, 0.25) is 5.02 Å². The van der Waals surface area contributed by atoms with Crippen molar-refractivity contribution in [3.8, 4) is 16.9 Å². The van der Waals surface area contributed by atoms with Gasteiger partial charge >= 0.3 is 0 Å². The van der Waals surface area contributed by atoms with E-state index in [9.17, 15) is 9.59 Å². The second-order valence-corrected chi connectivity index (χ2v) is 10.0. The molecule has 0 aliphatic rings. The largest absolute Gasteiger partial charge is 0.328 e. The smallest absolute Gasteiger partial charge is 0.254 e. The Kier molecular flexibility index (Phi) is 8.61. The van der Waals surface area contributed by atoms with Crippen molar-refractivity contribution in [1.29, 1.82) is 0 Å². The third-order valence-electron chi connectivity index (χ3n) is 6.15. The number of hydrogen-bond acceptors (Lipinski definition) is 4. The quantitative estimate of drug-likeness (QED) is 0.313. The van der Waals surface area contributed by atoms with Crippen LogP contribution in [-0.4, -0.2) is 64.9 Å². The summed E-state index contributed by atoms with van der Waals surface area (Å²) in [6.07, 6.45) is 1.91. The molecule has 0 unspecified atom stereocenters. The van der Waals surface area contributed by atoms with Crippen molar-refractivity contribution in [2.45, 2.75) is 13.8 Å². The zero-order valence-corrected chi connectivity index (χ0v) is 22.9. The molecule has 0 saturated carbocycles. The molecular weight excluding hydrogens is 498 g/mol. The summed E-state index contributed by atoms with van der Waals surface area (Å²) >= 11 is 6.00. The van der Waals surface area contributed by atoms with E-state index in [1.807, 2.05) is 92.1 Å². The van der Waals surface area contributed by atoms with E-state index in [0.717, 1.165) is 28.1 Å². The van der Waals surface area contributed by atoms with Crippen molar-refractivity contribution >= 4 is 29.4 Å². The number of rotatable bonds is 9. The summed E-state index contributed by atoms with van der Waals surface area (Å²) in [5, 5.41) is 3.49. The summed E-state index contributed by atoms with van der Waals surface area (Å²) in [7, 11) is 3.85. The first-order valence-electron chi connectivity index (χ1n) is 12.4. The Morgan fingerprint density at radius 2 is 1.47 bits per heavy atom. The lowest BCUT2D eigenvalue weighted by Crippen LogP contribution is -2.41. The highest BCUT2D eigenvalue weighted by Crippen LogP contribution is 2.25. The predicted octanol–water partition coefficient (Wildman–Crippen LogP) is 5.45. The molecule has 8 heteroatoms. The second kappa shape index (κ2) is 12.1. The van der Waals surface area contributed by atoms with E-state index < -0.39 is 0 Å². The minimum absolute atomic E-state index is 0.115. The van der Waals surface area contributed by atoms with Crippen LogP contribution in [0.1, 0.15) is 21.5 Å². The van der Waals surface area contributed by atoms with Gasteiger partial charge in [0.05, 0.1) is 5.69 Å². The first kappa shape index (κ1) is 27.1. The van der Waals surface area contributed by atoms with Gasteiger partial charge in [0, 0.05) is 41.1 Å². The molecule has 1 aromatic heterocycles. The molecule has 0 radical (unpaired) electrons. The number of anilines is 1. The van der Waals surface area contributed by atoms with E-state index in [4.69, 9.17) is 16.6 Å². The van der Waals surface area contributed by atoms with Crippen LogP contribution >= 0.6 is 11.6 Å². The Balaban J connectivity index is 1.60. The van der Waals surface area contributed by atoms with Crippen LogP contribution in [0.4, 0.5) is 5.95 Å². The minimum Gasteiger partial charge on any atom is -0.328 e. The van der Waals surface area contributed by atoms with E-state index in [-0.39, 0.29) is 18.4 Å². The molecule has 0 aliphatic heterocycles. The van der Waals surface area contributed by atoms with Crippen molar-refractivity contribution < 1.29 is 9.59 Å². The van der Waals surface area contributed by atoms with E-state index in [2.05, 4.69) is 5.32 Å². The van der Waals surface area contributed by atoms with Gasteiger partial charge in [-0.1, -0.05) is 59.1 Å². The lowest BCUT2D eigenvalue weighted by molar-refractivity contribution is -0.117. The fourth-order valence-corrected chi connectivity index (χ4v) is 4.05. The number of benzene rings is 3. The van der Waals surface area contributed by atoms with Gasteiger partial charge in [-0.2, -0.15) is 0 Å². The molecule has 0 atom stereocenters. The number of imidazole rings is 1. The first-order chi connectivity index (χ1) is 18.2. The average Bonchev–Trinajstić information content (AvgIpc) is 3.30. The van der Waals surface area contributed by atoms with Crippen LogP contribution in [0.15, 0.2) is 79.0 Å². The molecule has 4 aromatic rings. The lowest BCUT2D eigenvalue weighted by atomic mass is 10.1. The molecule has 38 heavy (non-hydrogen) atoms. The summed E-state index contributed by atoms with van der Waals surface area (Å²) < 4.78 is 1.86. The van der Waals surface area contributed by atoms with Crippen molar-refractivity contribution in [1.82, 2.24) is 19.4 Å². The number of aromatic nitrogens is 2. The fraction of sp³-hybridized carbons (Fsp3) is 0.233. The average molecular weight is 530 g/mol. The third-order valence-corrected chi connectivity index (χ3v) is 6.40. The third kappa shape index (κ3) is 6.88. The Bertz CT molecular complexity index is 1390. The van der Waals surface area contributed by atoms with Crippen LogP contribution in [-0.2, 0) is 4.79 Å². The van der Waals surface area contributed by atoms with Crippen LogP contribution < -0.4 is 5.32 Å². The van der Waals surface area contributed by atoms with Gasteiger partial charge in [-0.05, 0) is 64.3 Å². The van der Waals surface area contributed by atoms with Crippen LogP contribution in [0.5, 0.6) is 0 Å². The minimum atomic E-state index is -0.333. The topological polar surface area (TPSA) is 70.5 Å². The zero-order valence-electron chi connectivity index (χ0n) is 22.1. The summed E-state index contributed by atoms with van der Waals surface area (Å²) in [5.74, 6) is -0.178. The number of nitrogens with zero attached hydrogens (tertiary/aromatic N) is 4. The van der Waals surface area contributed by atoms with Crippen molar-refractivity contribution in [2.24, 2.45) is 0 Å². The number of nitrogens with one attached hydrogen (secondary N) is 1. The molecule has 4 rings (SSSR count). The molecule has 1 heterocycles. The number of carbonyl (C=O) groups is 2. The Labute approximate surface area is 228 Å². The molecule has 3 aromatic carbocycles. The van der Waals surface area contributed by atoms with E-state index >= 15 is 0 Å². The molecule has 0 spiro atoms. The predicted molar refractivity (Wildman–Crippen MR) is 153 cm³/mol. The SMILES string of the molecule is Cc1ccc(-c2cn(-c3ccc(C)cc3)c(NC(=O)CN(CCN(C)C)C(=O)c3ccc(Cl)cc3)n2)cc1. The molecule has 7 nitrogen and oxygen atoms in total. The Morgan fingerprint density at radius 1 is 0.868 bits per heavy atom. The van der Waals surface area contributed by atoms with Crippen molar-refractivity contribution in [2.75, 3.05) is 39.0 Å². The van der Waals surface area contributed by atoms with Crippen LogP contribution in [0, 0.1) is 13.8 Å². The molecule has 0 aliphatic carbocycles. The Morgan fingerprint density at radius 3 is 2.08 bits per heavy atom. The number of aryl methyl sites for hydroxylation is 2. The summed E-state index contributed by atoms with van der Waals surface area (Å²) in [6.45, 7) is 4.95. The highest BCUT2D eigenvalue weighted by Gasteiger charge is 2.21. The highest BCUT2D eigenvalue weighted by molar-refractivity contribution is 6.30. The first-order valence-corrected chi connectivity index (χ1v) is 12.8. The van der Waals surface area contributed by atoms with Gasteiger partial charge in [0.1, 0.15) is 6.54 Å². The van der Waals surface area contributed by atoms with Gasteiger partial charge in [-0.15, -0.1) is 0 Å². The van der Waals surface area contributed by atoms with E-state index in [1.165, 1.54) is 0 Å². The van der Waals surface area contributed by atoms with E-state index in [1.54, 1.807) is 29.2 Å². The van der Waals surface area contributed by atoms with Crippen LogP contribution in [0.3, 0.4) is 0 Å². The van der Waals surface area contributed by atoms with Gasteiger partial charge in [-0.3, -0.25) is 19.5 Å². The Hall–Kier alpha value is -3.94. The fourth-order valence-electron chi connectivity index (χ4n) is 3.92. The number of carbonyl (C=O) groups excluding carboxylic acids is 2. The standard InChI is InChI=1S/C30H32ClN5O2/c1-21-5-9-23(10-6-21)27-19-36(26-15-7-22(2)8-16-26)30(32-27)33-28(37)20-35(18-17-34(3)4)29(38)24-11-13-25(31)14-12-24/h5-16,19H,17-18,20H2,1-4H3,(H,32,33,37). The maximum Gasteiger partial charge on any atom is 0.254 e. The van der Waals surface area contributed by atoms with Gasteiger partial charge in [0.25, 0.3) is 5.91 Å². The van der Waals surface area contributed by atoms with Crippen LogP contribution in [0.25, 0.3) is 16.9 Å². The number of hydrogen-bond donors (Lipinski definition) is 1. The summed E-state index contributed by atoms with van der Waals surface area (Å²) in [5.41, 5.74) is 5.33. The normalized spacial score (nSPS) is 11.0. The molecule has 2 amide bonds. The monoisotopic (exact) mass is 529 g/mol. The molecular formula is C30H32ClN5O2. The molecule has 0 saturated heterocycles. The van der Waals surface area contributed by atoms with Gasteiger partial charge in [-0.25, -0.2) is 4.98 Å². The van der Waals surface area contributed by atoms with Gasteiger partial charge < -0.3 is 9.80 Å². The number of amides is 2. The van der Waals surface area contributed by atoms with E-state index in [0.29, 0.717) is 29.6 Å². The number of likely N-dealkylation sites (N-methyl/N-ethyl adjacent to an activating group) is 1. The second-order valence-electron chi connectivity index (χ2n) is 9.61.